The normalized spacial score (nSPS) is 11.4. The minimum atomic E-state index is -1.23. The molecule has 0 saturated heterocycles. The van der Waals surface area contributed by atoms with E-state index >= 15 is 0 Å². The number of carboxylic acids is 1. The molecule has 4 heteroatoms. The number of nitrogens with zero attached hydrogens (tertiary/aromatic N) is 1. The van der Waals surface area contributed by atoms with Crippen LogP contribution in [0.1, 0.15) is 20.3 Å². The number of nitriles is 1. The standard InChI is InChI=1S/C8H11NO3/c1-3-7(12-4-2)6(5-9)8(10)11/h3-4H2,1-2H3,(H,10,11). The zero-order valence-electron chi connectivity index (χ0n) is 7.13. The second-order valence-electron chi connectivity index (χ2n) is 2.00. The predicted molar refractivity (Wildman–Crippen MR) is 42.2 cm³/mol. The van der Waals surface area contributed by atoms with E-state index in [-0.39, 0.29) is 11.3 Å². The van der Waals surface area contributed by atoms with Gasteiger partial charge in [0.1, 0.15) is 11.8 Å². The number of rotatable bonds is 4. The summed E-state index contributed by atoms with van der Waals surface area (Å²) in [5.41, 5.74) is -0.306. The van der Waals surface area contributed by atoms with E-state index in [1.54, 1.807) is 19.9 Å². The van der Waals surface area contributed by atoms with Gasteiger partial charge < -0.3 is 9.84 Å². The highest BCUT2D eigenvalue weighted by Gasteiger charge is 2.13. The molecule has 0 unspecified atom stereocenters. The van der Waals surface area contributed by atoms with E-state index in [1.165, 1.54) is 0 Å². The van der Waals surface area contributed by atoms with Gasteiger partial charge in [-0.05, 0) is 6.92 Å². The van der Waals surface area contributed by atoms with Gasteiger partial charge in [-0.2, -0.15) is 5.26 Å². The molecule has 12 heavy (non-hydrogen) atoms. The SMILES string of the molecule is CCOC(CC)=C(C#N)C(=O)O. The van der Waals surface area contributed by atoms with Crippen LogP contribution in [0.5, 0.6) is 0 Å². The van der Waals surface area contributed by atoms with Gasteiger partial charge in [0.15, 0.2) is 5.57 Å². The van der Waals surface area contributed by atoms with Gasteiger partial charge in [0.2, 0.25) is 0 Å². The number of hydrogen-bond acceptors (Lipinski definition) is 3. The number of ether oxygens (including phenoxy) is 1. The minimum absolute atomic E-state index is 0.243. The van der Waals surface area contributed by atoms with Crippen molar-refractivity contribution in [1.29, 1.82) is 5.26 Å². The van der Waals surface area contributed by atoms with Crippen LogP contribution in [0.15, 0.2) is 11.3 Å². The summed E-state index contributed by atoms with van der Waals surface area (Å²) in [5, 5.41) is 17.0. The van der Waals surface area contributed by atoms with Crippen molar-refractivity contribution in [3.05, 3.63) is 11.3 Å². The maximum Gasteiger partial charge on any atom is 0.349 e. The molecule has 0 rings (SSSR count). The Labute approximate surface area is 71.1 Å². The third kappa shape index (κ3) is 2.62. The minimum Gasteiger partial charge on any atom is -0.497 e. The molecule has 0 spiro atoms. The van der Waals surface area contributed by atoms with Crippen LogP contribution >= 0.6 is 0 Å². The molecule has 0 aromatic rings. The van der Waals surface area contributed by atoms with E-state index in [1.807, 2.05) is 0 Å². The van der Waals surface area contributed by atoms with E-state index in [9.17, 15) is 4.79 Å². The molecule has 0 aromatic heterocycles. The second kappa shape index (κ2) is 5.19. The fraction of sp³-hybridized carbons (Fsp3) is 0.500. The number of carbonyl (C=O) groups is 1. The summed E-state index contributed by atoms with van der Waals surface area (Å²) in [6, 6.07) is 1.59. The molecule has 0 aliphatic rings. The van der Waals surface area contributed by atoms with Gasteiger partial charge >= 0.3 is 5.97 Å². The first-order chi connectivity index (χ1) is 5.67. The number of aliphatic carboxylic acids is 1. The Morgan fingerprint density at radius 1 is 1.58 bits per heavy atom. The third-order valence-electron chi connectivity index (χ3n) is 1.24. The van der Waals surface area contributed by atoms with Crippen LogP contribution in [-0.4, -0.2) is 17.7 Å². The molecule has 0 atom stereocenters. The molecule has 0 aromatic carbocycles. The fourth-order valence-electron chi connectivity index (χ4n) is 0.755. The molecule has 0 fully saturated rings. The summed E-state index contributed by atoms with van der Waals surface area (Å²) in [6.45, 7) is 3.86. The fourth-order valence-corrected chi connectivity index (χ4v) is 0.755. The van der Waals surface area contributed by atoms with Crippen LogP contribution in [0.2, 0.25) is 0 Å². The Balaban J connectivity index is 4.77. The van der Waals surface area contributed by atoms with E-state index in [0.29, 0.717) is 13.0 Å². The van der Waals surface area contributed by atoms with Gasteiger partial charge in [-0.15, -0.1) is 0 Å². The smallest absolute Gasteiger partial charge is 0.349 e. The lowest BCUT2D eigenvalue weighted by Gasteiger charge is -2.05. The number of allylic oxidation sites excluding steroid dienone is 1. The number of hydrogen-bond donors (Lipinski definition) is 1. The highest BCUT2D eigenvalue weighted by Crippen LogP contribution is 2.09. The van der Waals surface area contributed by atoms with Gasteiger partial charge in [0, 0.05) is 6.42 Å². The lowest BCUT2D eigenvalue weighted by atomic mass is 10.2. The van der Waals surface area contributed by atoms with Crippen molar-refractivity contribution in [2.75, 3.05) is 6.61 Å². The Kier molecular flexibility index (Phi) is 4.54. The Hall–Kier alpha value is -1.50. The average molecular weight is 169 g/mol. The molecular formula is C8H11NO3. The first-order valence-electron chi connectivity index (χ1n) is 3.66. The molecular weight excluding hydrogens is 158 g/mol. The molecule has 0 aliphatic carbocycles. The average Bonchev–Trinajstić information content (AvgIpc) is 2.03. The van der Waals surface area contributed by atoms with Crippen molar-refractivity contribution >= 4 is 5.97 Å². The van der Waals surface area contributed by atoms with E-state index in [2.05, 4.69) is 0 Å². The van der Waals surface area contributed by atoms with Crippen molar-refractivity contribution in [2.24, 2.45) is 0 Å². The zero-order valence-corrected chi connectivity index (χ0v) is 7.13. The summed E-state index contributed by atoms with van der Waals surface area (Å²) in [4.78, 5) is 10.4. The van der Waals surface area contributed by atoms with Crippen LogP contribution < -0.4 is 0 Å². The molecule has 0 bridgehead atoms. The van der Waals surface area contributed by atoms with Crippen LogP contribution in [-0.2, 0) is 9.53 Å². The van der Waals surface area contributed by atoms with Crippen molar-refractivity contribution in [1.82, 2.24) is 0 Å². The van der Waals surface area contributed by atoms with Crippen LogP contribution in [0.4, 0.5) is 0 Å². The molecule has 0 heterocycles. The molecule has 0 radical (unpaired) electrons. The molecule has 4 nitrogen and oxygen atoms in total. The van der Waals surface area contributed by atoms with Gasteiger partial charge in [-0.25, -0.2) is 4.79 Å². The zero-order chi connectivity index (χ0) is 9.56. The van der Waals surface area contributed by atoms with Crippen LogP contribution in [0, 0.1) is 11.3 Å². The van der Waals surface area contributed by atoms with E-state index in [0.717, 1.165) is 0 Å². The Morgan fingerprint density at radius 2 is 2.17 bits per heavy atom. The van der Waals surface area contributed by atoms with Crippen molar-refractivity contribution in [3.8, 4) is 6.07 Å². The topological polar surface area (TPSA) is 70.3 Å². The van der Waals surface area contributed by atoms with Crippen molar-refractivity contribution < 1.29 is 14.6 Å². The Morgan fingerprint density at radius 3 is 2.42 bits per heavy atom. The molecule has 1 N–H and O–H groups in total. The quantitative estimate of drug-likeness (QED) is 0.391. The lowest BCUT2D eigenvalue weighted by Crippen LogP contribution is -2.05. The highest BCUT2D eigenvalue weighted by molar-refractivity contribution is 5.91. The number of carboxylic acid groups (broad SMARTS) is 1. The molecule has 66 valence electrons. The van der Waals surface area contributed by atoms with Crippen molar-refractivity contribution in [3.63, 3.8) is 0 Å². The molecule has 0 saturated carbocycles. The van der Waals surface area contributed by atoms with Gasteiger partial charge in [0.05, 0.1) is 6.61 Å². The first-order valence-corrected chi connectivity index (χ1v) is 3.66. The van der Waals surface area contributed by atoms with Crippen LogP contribution in [0.3, 0.4) is 0 Å². The largest absolute Gasteiger partial charge is 0.497 e. The monoisotopic (exact) mass is 169 g/mol. The van der Waals surface area contributed by atoms with E-state index in [4.69, 9.17) is 15.1 Å². The maximum atomic E-state index is 10.4. The Bertz CT molecular complexity index is 237. The summed E-state index contributed by atoms with van der Waals surface area (Å²) in [5.74, 6) is -0.990. The molecule has 0 aliphatic heterocycles. The van der Waals surface area contributed by atoms with Gasteiger partial charge in [-0.1, -0.05) is 6.92 Å². The lowest BCUT2D eigenvalue weighted by molar-refractivity contribution is -0.132. The second-order valence-corrected chi connectivity index (χ2v) is 2.00. The van der Waals surface area contributed by atoms with Crippen molar-refractivity contribution in [2.45, 2.75) is 20.3 Å². The third-order valence-corrected chi connectivity index (χ3v) is 1.24. The summed E-state index contributed by atoms with van der Waals surface area (Å²) in [6.07, 6.45) is 0.420. The predicted octanol–water partition coefficient (Wildman–Crippen LogP) is 1.30. The van der Waals surface area contributed by atoms with E-state index < -0.39 is 5.97 Å². The summed E-state index contributed by atoms with van der Waals surface area (Å²) < 4.78 is 4.98. The summed E-state index contributed by atoms with van der Waals surface area (Å²) >= 11 is 0. The first kappa shape index (κ1) is 10.5. The molecule has 0 amide bonds. The van der Waals surface area contributed by atoms with Gasteiger partial charge in [-0.3, -0.25) is 0 Å². The maximum absolute atomic E-state index is 10.4. The van der Waals surface area contributed by atoms with Gasteiger partial charge in [0.25, 0.3) is 0 Å². The summed E-state index contributed by atoms with van der Waals surface area (Å²) in [7, 11) is 0. The highest BCUT2D eigenvalue weighted by atomic mass is 16.5. The van der Waals surface area contributed by atoms with Crippen LogP contribution in [0.25, 0.3) is 0 Å².